The summed E-state index contributed by atoms with van der Waals surface area (Å²) >= 11 is 0. The first-order chi connectivity index (χ1) is 9.33. The molecule has 0 saturated carbocycles. The van der Waals surface area contributed by atoms with Crippen molar-refractivity contribution in [3.8, 4) is 5.75 Å². The van der Waals surface area contributed by atoms with Crippen molar-refractivity contribution >= 4 is 0 Å². The van der Waals surface area contributed by atoms with E-state index in [2.05, 4.69) is 36.1 Å². The third kappa shape index (κ3) is 2.38. The topological polar surface area (TPSA) is 12.5 Å². The number of rotatable bonds is 4. The molecule has 0 aliphatic carbocycles. The zero-order valence-electron chi connectivity index (χ0n) is 12.1. The molecule has 1 aromatic carbocycles. The Morgan fingerprint density at radius 1 is 1.16 bits per heavy atom. The van der Waals surface area contributed by atoms with Crippen LogP contribution >= 0.6 is 0 Å². The van der Waals surface area contributed by atoms with Crippen LogP contribution < -0.4 is 4.74 Å². The Bertz CT molecular complexity index is 417. The van der Waals surface area contributed by atoms with Gasteiger partial charge < -0.3 is 4.74 Å². The Morgan fingerprint density at radius 3 is 2.47 bits per heavy atom. The number of piperidine rings is 1. The van der Waals surface area contributed by atoms with Gasteiger partial charge in [-0.2, -0.15) is 0 Å². The van der Waals surface area contributed by atoms with Crippen molar-refractivity contribution in [2.45, 2.75) is 57.0 Å². The normalized spacial score (nSPS) is 30.5. The highest BCUT2D eigenvalue weighted by Crippen LogP contribution is 2.44. The minimum absolute atomic E-state index is 0.696. The Balaban J connectivity index is 1.79. The first-order valence-corrected chi connectivity index (χ1v) is 7.72. The predicted octanol–water partition coefficient (Wildman–Crippen LogP) is 3.82. The fourth-order valence-electron chi connectivity index (χ4n) is 4.16. The molecular weight excluding hydrogens is 234 g/mol. The van der Waals surface area contributed by atoms with Gasteiger partial charge in [-0.1, -0.05) is 25.1 Å². The number of ether oxygens (including phenoxy) is 1. The van der Waals surface area contributed by atoms with Gasteiger partial charge in [0.2, 0.25) is 0 Å². The highest BCUT2D eigenvalue weighted by atomic mass is 16.5. The zero-order valence-corrected chi connectivity index (χ0v) is 12.1. The van der Waals surface area contributed by atoms with E-state index >= 15 is 0 Å². The quantitative estimate of drug-likeness (QED) is 0.815. The minimum Gasteiger partial charge on any atom is -0.496 e. The number of hydrogen-bond acceptors (Lipinski definition) is 2. The highest BCUT2D eigenvalue weighted by Gasteiger charge is 2.40. The molecule has 0 amide bonds. The lowest BCUT2D eigenvalue weighted by atomic mass is 9.84. The van der Waals surface area contributed by atoms with Gasteiger partial charge in [0, 0.05) is 12.1 Å². The molecular formula is C17H25NO. The number of hydrogen-bond donors (Lipinski definition) is 0. The van der Waals surface area contributed by atoms with E-state index in [0.717, 1.165) is 17.8 Å². The molecule has 2 bridgehead atoms. The predicted molar refractivity (Wildman–Crippen MR) is 78.8 cm³/mol. The average molecular weight is 259 g/mol. The standard InChI is InChI=1S/C17H25NO/c1-3-10-18-14-8-9-15(18)12-13(11-14)16-6-4-5-7-17(16)19-2/h4-7,13-15H,3,8-12H2,1-2H3/t14-,15-/m0/s1. The van der Waals surface area contributed by atoms with E-state index < -0.39 is 0 Å². The van der Waals surface area contributed by atoms with Gasteiger partial charge in [-0.15, -0.1) is 0 Å². The molecule has 2 heteroatoms. The van der Waals surface area contributed by atoms with Crippen LogP contribution in [-0.2, 0) is 0 Å². The van der Waals surface area contributed by atoms with E-state index in [1.807, 2.05) is 0 Å². The van der Waals surface area contributed by atoms with Gasteiger partial charge in [0.05, 0.1) is 7.11 Å². The van der Waals surface area contributed by atoms with Crippen LogP contribution in [0.5, 0.6) is 5.75 Å². The van der Waals surface area contributed by atoms with Crippen LogP contribution in [0.3, 0.4) is 0 Å². The van der Waals surface area contributed by atoms with Crippen LogP contribution in [-0.4, -0.2) is 30.6 Å². The number of methoxy groups -OCH3 is 1. The van der Waals surface area contributed by atoms with Crippen LogP contribution in [0, 0.1) is 0 Å². The number of para-hydroxylation sites is 1. The Labute approximate surface area is 116 Å². The van der Waals surface area contributed by atoms with Crippen molar-refractivity contribution in [1.29, 1.82) is 0 Å². The maximum absolute atomic E-state index is 5.55. The van der Waals surface area contributed by atoms with E-state index in [-0.39, 0.29) is 0 Å². The van der Waals surface area contributed by atoms with Gasteiger partial charge >= 0.3 is 0 Å². The SMILES string of the molecule is CCCN1[C@H]2CC[C@H]1CC(c1ccccc1OC)C2. The molecule has 2 nitrogen and oxygen atoms in total. The molecule has 0 unspecified atom stereocenters. The zero-order chi connectivity index (χ0) is 13.2. The molecule has 2 aliphatic heterocycles. The van der Waals surface area contributed by atoms with Gasteiger partial charge in [0.1, 0.15) is 5.75 Å². The molecule has 2 saturated heterocycles. The lowest BCUT2D eigenvalue weighted by Crippen LogP contribution is -2.42. The second-order valence-electron chi connectivity index (χ2n) is 6.03. The summed E-state index contributed by atoms with van der Waals surface area (Å²) in [6, 6.07) is 10.2. The van der Waals surface area contributed by atoms with Crippen molar-refractivity contribution in [3.05, 3.63) is 29.8 Å². The number of nitrogens with zero attached hydrogens (tertiary/aromatic N) is 1. The van der Waals surface area contributed by atoms with Gasteiger partial charge in [-0.25, -0.2) is 0 Å². The summed E-state index contributed by atoms with van der Waals surface area (Å²) in [4.78, 5) is 2.77. The first kappa shape index (κ1) is 13.0. The monoisotopic (exact) mass is 259 g/mol. The number of fused-ring (bicyclic) bond motifs is 2. The van der Waals surface area contributed by atoms with Crippen LogP contribution in [0.15, 0.2) is 24.3 Å². The van der Waals surface area contributed by atoms with Crippen LogP contribution in [0.4, 0.5) is 0 Å². The largest absolute Gasteiger partial charge is 0.496 e. The van der Waals surface area contributed by atoms with E-state index in [1.54, 1.807) is 7.11 Å². The summed E-state index contributed by atoms with van der Waals surface area (Å²) in [5.41, 5.74) is 1.43. The summed E-state index contributed by atoms with van der Waals surface area (Å²) in [5, 5.41) is 0. The third-order valence-corrected chi connectivity index (χ3v) is 4.94. The molecule has 1 aromatic rings. The van der Waals surface area contributed by atoms with Crippen LogP contribution in [0.1, 0.15) is 50.5 Å². The molecule has 0 aromatic heterocycles. The smallest absolute Gasteiger partial charge is 0.122 e. The summed E-state index contributed by atoms with van der Waals surface area (Å²) in [5.74, 6) is 1.78. The van der Waals surface area contributed by atoms with Gasteiger partial charge in [0.25, 0.3) is 0 Å². The molecule has 2 fully saturated rings. The molecule has 0 N–H and O–H groups in total. The van der Waals surface area contributed by atoms with Crippen LogP contribution in [0.25, 0.3) is 0 Å². The summed E-state index contributed by atoms with van der Waals surface area (Å²) < 4.78 is 5.55. The van der Waals surface area contributed by atoms with Crippen molar-refractivity contribution in [3.63, 3.8) is 0 Å². The van der Waals surface area contributed by atoms with E-state index in [4.69, 9.17) is 4.74 Å². The van der Waals surface area contributed by atoms with Crippen molar-refractivity contribution in [1.82, 2.24) is 4.90 Å². The molecule has 0 spiro atoms. The van der Waals surface area contributed by atoms with E-state index in [0.29, 0.717) is 5.92 Å². The Morgan fingerprint density at radius 2 is 1.84 bits per heavy atom. The maximum Gasteiger partial charge on any atom is 0.122 e. The van der Waals surface area contributed by atoms with Crippen molar-refractivity contribution in [2.24, 2.45) is 0 Å². The molecule has 2 atom stereocenters. The fourth-order valence-corrected chi connectivity index (χ4v) is 4.16. The summed E-state index contributed by atoms with van der Waals surface area (Å²) in [6.07, 6.45) is 6.71. The minimum atomic E-state index is 0.696. The van der Waals surface area contributed by atoms with E-state index in [1.165, 1.54) is 44.2 Å². The van der Waals surface area contributed by atoms with Crippen molar-refractivity contribution < 1.29 is 4.74 Å². The van der Waals surface area contributed by atoms with E-state index in [9.17, 15) is 0 Å². The third-order valence-electron chi connectivity index (χ3n) is 4.94. The van der Waals surface area contributed by atoms with Gasteiger partial charge in [0.15, 0.2) is 0 Å². The number of benzene rings is 1. The van der Waals surface area contributed by atoms with Gasteiger partial charge in [-0.3, -0.25) is 4.90 Å². The molecule has 2 aliphatic rings. The summed E-state index contributed by atoms with van der Waals surface area (Å²) in [6.45, 7) is 3.58. The van der Waals surface area contributed by atoms with Crippen LogP contribution in [0.2, 0.25) is 0 Å². The Kier molecular flexibility index (Phi) is 3.79. The highest BCUT2D eigenvalue weighted by molar-refractivity contribution is 5.37. The molecule has 0 radical (unpaired) electrons. The fraction of sp³-hybridized carbons (Fsp3) is 0.647. The lowest BCUT2D eigenvalue weighted by molar-refractivity contribution is 0.126. The molecule has 2 heterocycles. The van der Waals surface area contributed by atoms with Crippen molar-refractivity contribution in [2.75, 3.05) is 13.7 Å². The lowest BCUT2D eigenvalue weighted by Gasteiger charge is -2.39. The maximum atomic E-state index is 5.55. The summed E-state index contributed by atoms with van der Waals surface area (Å²) in [7, 11) is 1.79. The first-order valence-electron chi connectivity index (χ1n) is 7.72. The molecule has 104 valence electrons. The molecule has 3 rings (SSSR count). The molecule has 19 heavy (non-hydrogen) atoms. The average Bonchev–Trinajstić information content (AvgIpc) is 2.70. The van der Waals surface area contributed by atoms with Gasteiger partial charge in [-0.05, 0) is 56.2 Å². The Hall–Kier alpha value is -1.02. The second-order valence-corrected chi connectivity index (χ2v) is 6.03. The second kappa shape index (κ2) is 5.54.